The number of fused-ring (bicyclic) bond motifs is 1. The molecule has 1 N–H and O–H groups in total. The summed E-state index contributed by atoms with van der Waals surface area (Å²) < 4.78 is 95.6. The zero-order valence-electron chi connectivity index (χ0n) is 44.8. The lowest BCUT2D eigenvalue weighted by molar-refractivity contribution is 0.477. The third kappa shape index (κ3) is 7.47. The molecule has 2 heterocycles. The number of pyridine rings is 1. The number of para-hydroxylation sites is 2. The van der Waals surface area contributed by atoms with Crippen LogP contribution in [0.1, 0.15) is 103 Å². The molecule has 4 nitrogen and oxygen atoms in total. The SMILES string of the molecule is [2H]c1c([2H])c(C([2H])([2H])[2H])c([2H])c([2H])c1-c1ccnc(-c2cc(-c3cccc4c3nc(-c3ccccc3O)n4-c3ccc(-c4cc(C(C)C)cc(C([2H])(C)C)c4)cc3C([2H])([2H])[2H])cc(C(C)(C)C)c2)c1. The number of nitrogens with zero attached hydrogens (tertiary/aromatic N) is 3. The number of aromatic nitrogens is 3. The fourth-order valence-electron chi connectivity index (χ4n) is 7.34. The van der Waals surface area contributed by atoms with E-state index in [2.05, 4.69) is 46.8 Å². The van der Waals surface area contributed by atoms with Crippen LogP contribution in [0.3, 0.4) is 0 Å². The van der Waals surface area contributed by atoms with Crippen molar-refractivity contribution in [1.29, 1.82) is 0 Å². The second-order valence-corrected chi connectivity index (χ2v) is 16.4. The summed E-state index contributed by atoms with van der Waals surface area (Å²) in [6.45, 7) is 8.64. The number of benzene rings is 6. The molecule has 6 aromatic carbocycles. The highest BCUT2D eigenvalue weighted by Crippen LogP contribution is 2.41. The topological polar surface area (TPSA) is 50.9 Å². The van der Waals surface area contributed by atoms with E-state index in [9.17, 15) is 5.11 Å². The van der Waals surface area contributed by atoms with Crippen molar-refractivity contribution in [2.75, 3.05) is 0 Å². The van der Waals surface area contributed by atoms with Crippen LogP contribution in [0.4, 0.5) is 0 Å². The number of rotatable bonds is 8. The van der Waals surface area contributed by atoms with E-state index in [1.165, 1.54) is 6.20 Å². The lowest BCUT2D eigenvalue weighted by atomic mass is 9.83. The van der Waals surface area contributed by atoms with Crippen molar-refractivity contribution in [3.05, 3.63) is 167 Å². The highest BCUT2D eigenvalue weighted by atomic mass is 16.3. The largest absolute Gasteiger partial charge is 0.507 e. The number of phenolic OH excluding ortho intramolecular Hbond substituents is 1. The molecule has 0 fully saturated rings. The van der Waals surface area contributed by atoms with Crippen LogP contribution in [0.5, 0.6) is 5.75 Å². The third-order valence-corrected chi connectivity index (χ3v) is 10.7. The van der Waals surface area contributed by atoms with Gasteiger partial charge in [0.2, 0.25) is 0 Å². The van der Waals surface area contributed by atoms with Crippen molar-refractivity contribution in [3.63, 3.8) is 0 Å². The van der Waals surface area contributed by atoms with Gasteiger partial charge in [0.05, 0.1) is 33.5 Å². The summed E-state index contributed by atoms with van der Waals surface area (Å²) in [6.07, 6.45) is 1.52. The zero-order valence-corrected chi connectivity index (χ0v) is 33.8. The second kappa shape index (κ2) is 15.2. The van der Waals surface area contributed by atoms with E-state index < -0.39 is 49.3 Å². The van der Waals surface area contributed by atoms with Crippen LogP contribution in [0.25, 0.3) is 72.7 Å². The molecular weight excluding hydrogens is 707 g/mol. The van der Waals surface area contributed by atoms with Crippen molar-refractivity contribution in [3.8, 4) is 67.5 Å². The Morgan fingerprint density at radius 1 is 0.672 bits per heavy atom. The van der Waals surface area contributed by atoms with E-state index >= 15 is 0 Å². The normalized spacial score (nSPS) is 15.3. The van der Waals surface area contributed by atoms with Gasteiger partial charge < -0.3 is 5.11 Å². The molecule has 0 aliphatic carbocycles. The maximum atomic E-state index is 11.4. The molecule has 58 heavy (non-hydrogen) atoms. The van der Waals surface area contributed by atoms with Gasteiger partial charge in [0, 0.05) is 26.9 Å². The number of aryl methyl sites for hydroxylation is 1. The molecule has 0 radical (unpaired) electrons. The Labute approximate surface area is 359 Å². The molecule has 0 saturated carbocycles. The number of aromatic hydroxyl groups is 1. The Morgan fingerprint density at radius 2 is 1.41 bits per heavy atom. The van der Waals surface area contributed by atoms with Gasteiger partial charge in [-0.05, 0) is 136 Å². The molecule has 0 unspecified atom stereocenters. The molecule has 4 heteroatoms. The first-order chi connectivity index (χ1) is 32.1. The van der Waals surface area contributed by atoms with E-state index in [4.69, 9.17) is 25.0 Å². The average Bonchev–Trinajstić information content (AvgIpc) is 3.66. The fraction of sp³-hybridized carbons (Fsp3) is 0.222. The molecule has 0 amide bonds. The highest BCUT2D eigenvalue weighted by molar-refractivity contribution is 5.97. The minimum absolute atomic E-state index is 0.0449. The van der Waals surface area contributed by atoms with Gasteiger partial charge in [0.15, 0.2) is 0 Å². The summed E-state index contributed by atoms with van der Waals surface area (Å²) in [5, 5.41) is 11.4. The second-order valence-electron chi connectivity index (χ2n) is 16.4. The summed E-state index contributed by atoms with van der Waals surface area (Å²) in [4.78, 5) is 9.94. The van der Waals surface area contributed by atoms with Gasteiger partial charge in [-0.1, -0.05) is 133 Å². The number of hydrogen-bond donors (Lipinski definition) is 1. The van der Waals surface area contributed by atoms with Crippen LogP contribution < -0.4 is 0 Å². The summed E-state index contributed by atoms with van der Waals surface area (Å²) in [7, 11) is 0. The molecular formula is C54H53N3O. The third-order valence-electron chi connectivity index (χ3n) is 10.7. The van der Waals surface area contributed by atoms with E-state index in [1.54, 1.807) is 53.1 Å². The van der Waals surface area contributed by atoms with Crippen molar-refractivity contribution >= 4 is 11.0 Å². The van der Waals surface area contributed by atoms with E-state index in [0.717, 1.165) is 27.8 Å². The predicted molar refractivity (Wildman–Crippen MR) is 244 cm³/mol. The molecule has 8 aromatic rings. The van der Waals surface area contributed by atoms with E-state index in [-0.39, 0.29) is 28.2 Å². The molecule has 0 saturated heterocycles. The van der Waals surface area contributed by atoms with Crippen LogP contribution >= 0.6 is 0 Å². The Balaban J connectivity index is 1.36. The number of hydrogen-bond acceptors (Lipinski definition) is 3. The molecule has 0 atom stereocenters. The Kier molecular flexibility index (Phi) is 7.20. The minimum atomic E-state index is -2.85. The van der Waals surface area contributed by atoms with Crippen molar-refractivity contribution in [2.24, 2.45) is 0 Å². The van der Waals surface area contributed by atoms with Crippen LogP contribution in [0, 0.1) is 13.7 Å². The Morgan fingerprint density at radius 3 is 2.14 bits per heavy atom. The molecule has 290 valence electrons. The molecule has 0 aliphatic heterocycles. The van der Waals surface area contributed by atoms with Crippen molar-refractivity contribution in [1.82, 2.24) is 14.5 Å². The van der Waals surface area contributed by atoms with Gasteiger partial charge in [0.1, 0.15) is 11.6 Å². The van der Waals surface area contributed by atoms with Gasteiger partial charge in [-0.15, -0.1) is 0 Å². The van der Waals surface area contributed by atoms with Crippen LogP contribution in [0.2, 0.25) is 0 Å². The lowest BCUT2D eigenvalue weighted by Crippen LogP contribution is -2.11. The molecule has 0 aliphatic rings. The lowest BCUT2D eigenvalue weighted by Gasteiger charge is -2.22. The zero-order chi connectivity index (χ0) is 50.3. The fourth-order valence-corrected chi connectivity index (χ4v) is 7.34. The van der Waals surface area contributed by atoms with Gasteiger partial charge in [0.25, 0.3) is 0 Å². The van der Waals surface area contributed by atoms with Gasteiger partial charge in [-0.2, -0.15) is 0 Å². The van der Waals surface area contributed by atoms with E-state index in [1.807, 2.05) is 62.4 Å². The monoisotopic (exact) mass is 770 g/mol. The molecule has 0 bridgehead atoms. The number of phenols is 1. The summed E-state index contributed by atoms with van der Waals surface area (Å²) >= 11 is 0. The summed E-state index contributed by atoms with van der Waals surface area (Å²) in [5.74, 6) is -0.452. The summed E-state index contributed by atoms with van der Waals surface area (Å²) in [5.41, 5.74) is 8.04. The standard InChI is InChI=1S/C54H53N3O/c1-33(2)40-26-41(34(3)4)28-42(27-40)38-21-22-49(36(6)25-38)57-50-15-12-14-46(52(50)56-53(57)47-13-10-11-16-51(47)58)43-29-44(31-45(30-43)54(7,8)9)48-32-39(23-24-55-48)37-19-17-35(5)18-20-37/h10-34,58H,1-9H3/i5D3,6D3,17D,18D,19D,20D,33D. The van der Waals surface area contributed by atoms with Crippen molar-refractivity contribution < 1.29 is 20.2 Å². The quantitative estimate of drug-likeness (QED) is 0.167. The van der Waals surface area contributed by atoms with E-state index in [0.29, 0.717) is 56.1 Å². The maximum absolute atomic E-state index is 11.4. The number of imidazole rings is 1. The van der Waals surface area contributed by atoms with Gasteiger partial charge in [-0.25, -0.2) is 4.98 Å². The molecule has 8 rings (SSSR count). The van der Waals surface area contributed by atoms with Gasteiger partial charge in [-0.3, -0.25) is 9.55 Å². The van der Waals surface area contributed by atoms with Crippen LogP contribution in [-0.4, -0.2) is 19.6 Å². The average molecular weight is 771 g/mol. The highest BCUT2D eigenvalue weighted by Gasteiger charge is 2.23. The predicted octanol–water partition coefficient (Wildman–Crippen LogP) is 14.6. The molecule has 0 spiro atoms. The first-order valence-electron chi connectivity index (χ1n) is 25.0. The van der Waals surface area contributed by atoms with Crippen molar-refractivity contribution in [2.45, 2.75) is 79.4 Å². The first-order valence-corrected chi connectivity index (χ1v) is 19.5. The van der Waals surface area contributed by atoms with Gasteiger partial charge >= 0.3 is 0 Å². The smallest absolute Gasteiger partial charge is 0.149 e. The maximum Gasteiger partial charge on any atom is 0.149 e. The molecule has 2 aromatic heterocycles. The minimum Gasteiger partial charge on any atom is -0.507 e. The first kappa shape index (κ1) is 27.4. The summed E-state index contributed by atoms with van der Waals surface area (Å²) in [6, 6.07) is 31.0. The Hall–Kier alpha value is -6.26. The van der Waals surface area contributed by atoms with Crippen LogP contribution in [0.15, 0.2) is 140 Å². The Bertz CT molecular complexity index is 3290. The van der Waals surface area contributed by atoms with Crippen LogP contribution in [-0.2, 0) is 5.41 Å².